The van der Waals surface area contributed by atoms with Crippen LogP contribution in [-0.2, 0) is 14.8 Å². The van der Waals surface area contributed by atoms with Gasteiger partial charge < -0.3 is 14.3 Å². The van der Waals surface area contributed by atoms with E-state index in [1.807, 2.05) is 0 Å². The normalized spacial score (nSPS) is 14.8. The zero-order chi connectivity index (χ0) is 21.0. The molecule has 3 rings (SSSR count). The van der Waals surface area contributed by atoms with Gasteiger partial charge in [-0.2, -0.15) is 0 Å². The molecule has 1 aliphatic rings. The molecule has 2 aromatic rings. The van der Waals surface area contributed by atoms with Crippen molar-refractivity contribution in [3.63, 3.8) is 0 Å². The molecule has 0 spiro atoms. The molecule has 1 aromatic carbocycles. The van der Waals surface area contributed by atoms with Crippen LogP contribution in [0.5, 0.6) is 0 Å². The van der Waals surface area contributed by atoms with Gasteiger partial charge >= 0.3 is 0 Å². The molecule has 1 saturated heterocycles. The molecule has 2 amide bonds. The number of hydrogen-bond donors (Lipinski definition) is 1. The number of nitrogens with one attached hydrogen (secondary N) is 1. The van der Waals surface area contributed by atoms with Crippen LogP contribution in [-0.4, -0.2) is 67.9 Å². The van der Waals surface area contributed by atoms with E-state index >= 15 is 0 Å². The van der Waals surface area contributed by atoms with Gasteiger partial charge in [0.2, 0.25) is 21.7 Å². The average Bonchev–Trinajstić information content (AvgIpc) is 3.14. The first-order valence-corrected chi connectivity index (χ1v) is 10.9. The second-order valence-corrected chi connectivity index (χ2v) is 8.73. The summed E-state index contributed by atoms with van der Waals surface area (Å²) in [5, 5.41) is 3.82. The Hall–Kier alpha value is -2.43. The lowest BCUT2D eigenvalue weighted by atomic mass is 10.2. The second-order valence-electron chi connectivity index (χ2n) is 6.58. The third-order valence-electron chi connectivity index (χ3n) is 4.52. The summed E-state index contributed by atoms with van der Waals surface area (Å²) >= 11 is 5.92. The van der Waals surface area contributed by atoms with Gasteiger partial charge in [0, 0.05) is 45.2 Å². The van der Waals surface area contributed by atoms with Crippen LogP contribution >= 0.6 is 11.6 Å². The fourth-order valence-electron chi connectivity index (χ4n) is 2.97. The molecular formula is C18H21ClN4O5S. The summed E-state index contributed by atoms with van der Waals surface area (Å²) < 4.78 is 32.0. The number of carbonyl (C=O) groups excluding carboxylic acids is 2. The number of sulfonamides is 1. The van der Waals surface area contributed by atoms with Crippen LogP contribution in [0.1, 0.15) is 22.7 Å². The number of halogens is 1. The van der Waals surface area contributed by atoms with Crippen molar-refractivity contribution in [2.45, 2.75) is 18.2 Å². The quantitative estimate of drug-likeness (QED) is 0.724. The highest BCUT2D eigenvalue weighted by Gasteiger charge is 2.27. The zero-order valence-corrected chi connectivity index (χ0v) is 17.4. The van der Waals surface area contributed by atoms with Crippen molar-refractivity contribution in [1.29, 1.82) is 0 Å². The number of nitrogens with zero attached hydrogens (tertiary/aromatic N) is 3. The molecule has 1 aliphatic heterocycles. The summed E-state index contributed by atoms with van der Waals surface area (Å²) in [4.78, 5) is 27.9. The molecule has 0 bridgehead atoms. The summed E-state index contributed by atoms with van der Waals surface area (Å²) in [6, 6.07) is 7.68. The van der Waals surface area contributed by atoms with E-state index < -0.39 is 10.0 Å². The van der Waals surface area contributed by atoms with Crippen molar-refractivity contribution in [2.24, 2.45) is 0 Å². The molecule has 0 atom stereocenters. The zero-order valence-electron chi connectivity index (χ0n) is 15.8. The van der Waals surface area contributed by atoms with E-state index in [1.54, 1.807) is 34.9 Å². The minimum Gasteiger partial charge on any atom is -0.351 e. The van der Waals surface area contributed by atoms with Gasteiger partial charge in [-0.15, -0.1) is 0 Å². The van der Waals surface area contributed by atoms with Crippen LogP contribution in [0.25, 0.3) is 0 Å². The Morgan fingerprint density at radius 2 is 1.83 bits per heavy atom. The van der Waals surface area contributed by atoms with E-state index in [0.717, 1.165) is 0 Å². The van der Waals surface area contributed by atoms with Gasteiger partial charge in [-0.25, -0.2) is 13.1 Å². The monoisotopic (exact) mass is 440 g/mol. The van der Waals surface area contributed by atoms with Crippen LogP contribution < -0.4 is 4.72 Å². The van der Waals surface area contributed by atoms with Crippen LogP contribution in [0.2, 0.25) is 5.02 Å². The standard InChI is InChI=1S/C18H21ClN4O5S/c1-13-12-15(28-21-13)18(25)23-10-8-22(9-11-23)17(24)6-7-20-29(26,27)16-5-3-2-4-14(16)19/h2-5,12,20H,6-11H2,1H3. The maximum absolute atomic E-state index is 12.4. The van der Waals surface area contributed by atoms with Gasteiger partial charge in [-0.1, -0.05) is 28.9 Å². The van der Waals surface area contributed by atoms with Gasteiger partial charge in [-0.3, -0.25) is 9.59 Å². The van der Waals surface area contributed by atoms with Crippen LogP contribution in [0, 0.1) is 6.92 Å². The Labute approximate surface area is 173 Å². The molecule has 1 fully saturated rings. The van der Waals surface area contributed by atoms with Gasteiger partial charge in [0.25, 0.3) is 5.91 Å². The number of benzene rings is 1. The third kappa shape index (κ3) is 5.14. The maximum Gasteiger partial charge on any atom is 0.292 e. The molecule has 11 heteroatoms. The van der Waals surface area contributed by atoms with Gasteiger partial charge in [0.15, 0.2) is 0 Å². The predicted molar refractivity (Wildman–Crippen MR) is 105 cm³/mol. The third-order valence-corrected chi connectivity index (χ3v) is 6.48. The first-order valence-electron chi connectivity index (χ1n) is 9.02. The van der Waals surface area contributed by atoms with Crippen molar-refractivity contribution in [2.75, 3.05) is 32.7 Å². The minimum absolute atomic E-state index is 0.0128. The molecular weight excluding hydrogens is 420 g/mol. The molecule has 1 N–H and O–H groups in total. The maximum atomic E-state index is 12.4. The topological polar surface area (TPSA) is 113 Å². The molecule has 9 nitrogen and oxygen atoms in total. The number of aryl methyl sites for hydroxylation is 1. The van der Waals surface area contributed by atoms with E-state index in [-0.39, 0.29) is 40.5 Å². The highest BCUT2D eigenvalue weighted by atomic mass is 35.5. The summed E-state index contributed by atoms with van der Waals surface area (Å²) in [7, 11) is -3.79. The molecule has 0 radical (unpaired) electrons. The highest BCUT2D eigenvalue weighted by Crippen LogP contribution is 2.20. The first kappa shape index (κ1) is 21.3. The lowest BCUT2D eigenvalue weighted by Crippen LogP contribution is -2.51. The van der Waals surface area contributed by atoms with Crippen molar-refractivity contribution in [3.8, 4) is 0 Å². The largest absolute Gasteiger partial charge is 0.351 e. The van der Waals surface area contributed by atoms with Crippen LogP contribution in [0.3, 0.4) is 0 Å². The highest BCUT2D eigenvalue weighted by molar-refractivity contribution is 7.89. The first-order chi connectivity index (χ1) is 13.8. The average molecular weight is 441 g/mol. The predicted octanol–water partition coefficient (Wildman–Crippen LogP) is 1.29. The fourth-order valence-corrected chi connectivity index (χ4v) is 4.52. The SMILES string of the molecule is Cc1cc(C(=O)N2CCN(C(=O)CCNS(=O)(=O)c3ccccc3Cl)CC2)on1. The van der Waals surface area contributed by atoms with Gasteiger partial charge in [0.1, 0.15) is 4.90 Å². The summed E-state index contributed by atoms with van der Waals surface area (Å²) in [5.41, 5.74) is 0.626. The van der Waals surface area contributed by atoms with E-state index in [9.17, 15) is 18.0 Å². The number of hydrogen-bond acceptors (Lipinski definition) is 6. The van der Waals surface area contributed by atoms with Gasteiger partial charge in [-0.05, 0) is 19.1 Å². The fraction of sp³-hybridized carbons (Fsp3) is 0.389. The van der Waals surface area contributed by atoms with E-state index in [4.69, 9.17) is 16.1 Å². The number of carbonyl (C=O) groups is 2. The lowest BCUT2D eigenvalue weighted by Gasteiger charge is -2.34. The molecule has 2 heterocycles. The Balaban J connectivity index is 1.46. The van der Waals surface area contributed by atoms with Crippen LogP contribution in [0.4, 0.5) is 0 Å². The van der Waals surface area contributed by atoms with Crippen molar-refractivity contribution in [3.05, 3.63) is 46.8 Å². The molecule has 1 aromatic heterocycles. The van der Waals surface area contributed by atoms with Crippen molar-refractivity contribution in [1.82, 2.24) is 19.7 Å². The van der Waals surface area contributed by atoms with Gasteiger partial charge in [0.05, 0.1) is 10.7 Å². The number of aromatic nitrogens is 1. The Kier molecular flexibility index (Phi) is 6.56. The Morgan fingerprint density at radius 3 is 2.45 bits per heavy atom. The molecule has 156 valence electrons. The van der Waals surface area contributed by atoms with E-state index in [1.165, 1.54) is 12.1 Å². The summed E-state index contributed by atoms with van der Waals surface area (Å²) in [5.74, 6) is -0.268. The molecule has 29 heavy (non-hydrogen) atoms. The van der Waals surface area contributed by atoms with E-state index in [0.29, 0.717) is 31.9 Å². The summed E-state index contributed by atoms with van der Waals surface area (Å²) in [6.07, 6.45) is 0.0128. The lowest BCUT2D eigenvalue weighted by molar-refractivity contribution is -0.132. The number of amides is 2. The molecule has 0 unspecified atom stereocenters. The number of rotatable bonds is 6. The molecule has 0 aliphatic carbocycles. The number of piperazine rings is 1. The van der Waals surface area contributed by atoms with Crippen LogP contribution in [0.15, 0.2) is 39.8 Å². The minimum atomic E-state index is -3.79. The summed E-state index contributed by atoms with van der Waals surface area (Å²) in [6.45, 7) is 3.18. The Bertz CT molecular complexity index is 999. The van der Waals surface area contributed by atoms with E-state index in [2.05, 4.69) is 9.88 Å². The Morgan fingerprint density at radius 1 is 1.17 bits per heavy atom. The molecule has 0 saturated carbocycles. The smallest absolute Gasteiger partial charge is 0.292 e. The second kappa shape index (κ2) is 8.93. The van der Waals surface area contributed by atoms with Crippen molar-refractivity contribution >= 4 is 33.4 Å². The van der Waals surface area contributed by atoms with Crippen molar-refractivity contribution < 1.29 is 22.5 Å².